The molecule has 0 unspecified atom stereocenters. The van der Waals surface area contributed by atoms with Crippen LogP contribution in [0.25, 0.3) is 0 Å². The fourth-order valence-electron chi connectivity index (χ4n) is 3.97. The number of sulfonamides is 1. The summed E-state index contributed by atoms with van der Waals surface area (Å²) in [5.74, 6) is 1.10. The van der Waals surface area contributed by atoms with E-state index in [1.165, 1.54) is 4.31 Å². The molecule has 35 heavy (non-hydrogen) atoms. The van der Waals surface area contributed by atoms with Crippen molar-refractivity contribution < 1.29 is 27.4 Å². The molecule has 2 atom stereocenters. The number of methoxy groups -OCH3 is 2. The Bertz CT molecular complexity index is 1320. The number of benzene rings is 3. The molecule has 1 aliphatic rings. The zero-order valence-corrected chi connectivity index (χ0v) is 20.8. The molecule has 0 saturated heterocycles. The molecule has 9 heteroatoms. The van der Waals surface area contributed by atoms with Gasteiger partial charge in [-0.25, -0.2) is 8.42 Å². The van der Waals surface area contributed by atoms with Gasteiger partial charge in [0.25, 0.3) is 15.9 Å². The highest BCUT2D eigenvalue weighted by Gasteiger charge is 2.38. The lowest BCUT2D eigenvalue weighted by Crippen LogP contribution is -2.51. The maximum Gasteiger partial charge on any atom is 0.264 e. The Hall–Kier alpha value is -3.72. The van der Waals surface area contributed by atoms with Crippen LogP contribution in [0.3, 0.4) is 0 Å². The van der Waals surface area contributed by atoms with Crippen molar-refractivity contribution in [2.45, 2.75) is 30.9 Å². The minimum Gasteiger partial charge on any atom is -0.497 e. The molecule has 3 aromatic carbocycles. The van der Waals surface area contributed by atoms with Crippen molar-refractivity contribution >= 4 is 21.6 Å². The smallest absolute Gasteiger partial charge is 0.264 e. The van der Waals surface area contributed by atoms with Crippen LogP contribution in [0.1, 0.15) is 24.1 Å². The Morgan fingerprint density at radius 3 is 2.46 bits per heavy atom. The molecular weight excluding hydrogens is 468 g/mol. The molecule has 3 aromatic rings. The SMILES string of the molecule is COc1ccc(OC)c([C@@H](C)NC(=O)[C@H]2CN(S(=O)(=O)c3ccc(C)cc3)c3ccccc3O2)c1. The Labute approximate surface area is 205 Å². The van der Waals surface area contributed by atoms with Gasteiger partial charge in [0.1, 0.15) is 17.2 Å². The summed E-state index contributed by atoms with van der Waals surface area (Å²) in [7, 11) is -0.811. The zero-order chi connectivity index (χ0) is 25.2. The van der Waals surface area contributed by atoms with Gasteiger partial charge >= 0.3 is 0 Å². The number of fused-ring (bicyclic) bond motifs is 1. The first-order valence-electron chi connectivity index (χ1n) is 11.1. The Morgan fingerprint density at radius 2 is 1.77 bits per heavy atom. The molecule has 4 rings (SSSR count). The van der Waals surface area contributed by atoms with E-state index >= 15 is 0 Å². The molecule has 0 fully saturated rings. The van der Waals surface area contributed by atoms with Gasteiger partial charge in [-0.1, -0.05) is 29.8 Å². The molecule has 0 aliphatic carbocycles. The fourth-order valence-corrected chi connectivity index (χ4v) is 5.44. The lowest BCUT2D eigenvalue weighted by atomic mass is 10.1. The monoisotopic (exact) mass is 496 g/mol. The first-order chi connectivity index (χ1) is 16.7. The summed E-state index contributed by atoms with van der Waals surface area (Å²) in [5.41, 5.74) is 2.06. The van der Waals surface area contributed by atoms with Crippen molar-refractivity contribution in [2.75, 3.05) is 25.1 Å². The van der Waals surface area contributed by atoms with E-state index in [1.807, 2.05) is 13.8 Å². The second-order valence-electron chi connectivity index (χ2n) is 8.26. The van der Waals surface area contributed by atoms with Crippen LogP contribution in [-0.4, -0.2) is 41.2 Å². The van der Waals surface area contributed by atoms with Crippen molar-refractivity contribution in [3.05, 3.63) is 77.9 Å². The van der Waals surface area contributed by atoms with Gasteiger partial charge < -0.3 is 19.5 Å². The van der Waals surface area contributed by atoms with Gasteiger partial charge in [-0.2, -0.15) is 0 Å². The van der Waals surface area contributed by atoms with Crippen molar-refractivity contribution in [2.24, 2.45) is 0 Å². The molecule has 0 spiro atoms. The lowest BCUT2D eigenvalue weighted by molar-refractivity contribution is -0.128. The number of aryl methyl sites for hydroxylation is 1. The zero-order valence-electron chi connectivity index (χ0n) is 20.0. The predicted octanol–water partition coefficient (Wildman–Crippen LogP) is 3.85. The second kappa shape index (κ2) is 9.87. The van der Waals surface area contributed by atoms with Gasteiger partial charge in [-0.05, 0) is 56.3 Å². The van der Waals surface area contributed by atoms with E-state index in [0.717, 1.165) is 11.1 Å². The number of carbonyl (C=O) groups is 1. The van der Waals surface area contributed by atoms with E-state index in [9.17, 15) is 13.2 Å². The van der Waals surface area contributed by atoms with Crippen molar-refractivity contribution in [3.8, 4) is 17.2 Å². The van der Waals surface area contributed by atoms with Crippen LogP contribution < -0.4 is 23.8 Å². The Balaban J connectivity index is 1.62. The highest BCUT2D eigenvalue weighted by molar-refractivity contribution is 7.92. The van der Waals surface area contributed by atoms with Crippen LogP contribution >= 0.6 is 0 Å². The summed E-state index contributed by atoms with van der Waals surface area (Å²) in [6.45, 7) is 3.53. The van der Waals surface area contributed by atoms with Crippen molar-refractivity contribution in [3.63, 3.8) is 0 Å². The van der Waals surface area contributed by atoms with Crippen LogP contribution in [0.2, 0.25) is 0 Å². The van der Waals surface area contributed by atoms with Crippen LogP contribution in [-0.2, 0) is 14.8 Å². The lowest BCUT2D eigenvalue weighted by Gasteiger charge is -2.35. The Morgan fingerprint density at radius 1 is 1.06 bits per heavy atom. The molecule has 1 aliphatic heterocycles. The summed E-state index contributed by atoms with van der Waals surface area (Å²) in [4.78, 5) is 13.4. The maximum absolute atomic E-state index is 13.5. The minimum absolute atomic E-state index is 0.147. The van der Waals surface area contributed by atoms with Crippen molar-refractivity contribution in [1.29, 1.82) is 0 Å². The number of para-hydroxylation sites is 2. The third kappa shape index (κ3) is 4.90. The second-order valence-corrected chi connectivity index (χ2v) is 10.1. The van der Waals surface area contributed by atoms with E-state index in [-0.39, 0.29) is 11.4 Å². The first kappa shape index (κ1) is 24.4. The van der Waals surface area contributed by atoms with Crippen LogP contribution in [0.5, 0.6) is 17.2 Å². The van der Waals surface area contributed by atoms with Gasteiger partial charge in [0.05, 0.1) is 37.4 Å². The van der Waals surface area contributed by atoms with Gasteiger partial charge in [0.2, 0.25) is 0 Å². The molecule has 1 heterocycles. The number of anilines is 1. The summed E-state index contributed by atoms with van der Waals surface area (Å²) in [6.07, 6.45) is -1.05. The molecule has 0 radical (unpaired) electrons. The molecular formula is C26H28N2O6S. The minimum atomic E-state index is -3.92. The fraction of sp³-hybridized carbons (Fsp3) is 0.269. The maximum atomic E-state index is 13.5. The van der Waals surface area contributed by atoms with Crippen LogP contribution in [0.4, 0.5) is 5.69 Å². The quantitative estimate of drug-likeness (QED) is 0.534. The number of nitrogens with one attached hydrogen (secondary N) is 1. The normalized spacial score (nSPS) is 16.0. The van der Waals surface area contributed by atoms with E-state index < -0.39 is 28.1 Å². The summed E-state index contributed by atoms with van der Waals surface area (Å²) in [6, 6.07) is 18.3. The third-order valence-electron chi connectivity index (χ3n) is 5.90. The highest BCUT2D eigenvalue weighted by atomic mass is 32.2. The van der Waals surface area contributed by atoms with Gasteiger partial charge in [-0.3, -0.25) is 9.10 Å². The molecule has 0 bridgehead atoms. The molecule has 0 aromatic heterocycles. The number of carbonyl (C=O) groups excluding carboxylic acids is 1. The number of rotatable bonds is 7. The summed E-state index contributed by atoms with van der Waals surface area (Å²) in [5, 5.41) is 2.92. The van der Waals surface area contributed by atoms with E-state index in [0.29, 0.717) is 22.9 Å². The van der Waals surface area contributed by atoms with E-state index in [4.69, 9.17) is 14.2 Å². The summed E-state index contributed by atoms with van der Waals surface area (Å²) >= 11 is 0. The predicted molar refractivity (Wildman–Crippen MR) is 133 cm³/mol. The first-order valence-corrected chi connectivity index (χ1v) is 12.6. The van der Waals surface area contributed by atoms with Crippen molar-refractivity contribution in [1.82, 2.24) is 5.32 Å². The topological polar surface area (TPSA) is 94.2 Å². The molecule has 184 valence electrons. The number of hydrogen-bond acceptors (Lipinski definition) is 6. The van der Waals surface area contributed by atoms with Gasteiger partial charge in [0, 0.05) is 5.56 Å². The standard InChI is InChI=1S/C26H28N2O6S/c1-17-9-12-20(13-10-17)35(30,31)28-16-25(34-24-8-6-5-7-22(24)28)26(29)27-18(2)21-15-19(32-3)11-14-23(21)33-4/h5-15,18,25H,16H2,1-4H3,(H,27,29)/t18-,25-/m1/s1. The van der Waals surface area contributed by atoms with Crippen LogP contribution in [0, 0.1) is 6.92 Å². The average Bonchev–Trinajstić information content (AvgIpc) is 2.87. The van der Waals surface area contributed by atoms with E-state index in [2.05, 4.69) is 5.32 Å². The number of amides is 1. The largest absolute Gasteiger partial charge is 0.497 e. The number of ether oxygens (including phenoxy) is 3. The Kier molecular flexibility index (Phi) is 6.88. The summed E-state index contributed by atoms with van der Waals surface area (Å²) < 4.78 is 45.0. The van der Waals surface area contributed by atoms with E-state index in [1.54, 1.807) is 80.9 Å². The van der Waals surface area contributed by atoms with Crippen LogP contribution in [0.15, 0.2) is 71.6 Å². The third-order valence-corrected chi connectivity index (χ3v) is 7.69. The molecule has 0 saturated carbocycles. The number of nitrogens with zero attached hydrogens (tertiary/aromatic N) is 1. The highest BCUT2D eigenvalue weighted by Crippen LogP contribution is 2.37. The van der Waals surface area contributed by atoms with Gasteiger partial charge in [0.15, 0.2) is 6.10 Å². The molecule has 1 amide bonds. The molecule has 8 nitrogen and oxygen atoms in total. The molecule has 1 N–H and O–H groups in total. The van der Waals surface area contributed by atoms with Gasteiger partial charge in [-0.15, -0.1) is 0 Å². The average molecular weight is 497 g/mol. The number of hydrogen-bond donors (Lipinski definition) is 1.